The molecule has 0 radical (unpaired) electrons. The second-order valence-electron chi connectivity index (χ2n) is 4.93. The van der Waals surface area contributed by atoms with E-state index in [1.807, 2.05) is 50.4 Å². The van der Waals surface area contributed by atoms with Gasteiger partial charge in [-0.1, -0.05) is 35.6 Å². The van der Waals surface area contributed by atoms with Crippen LogP contribution in [0.15, 0.2) is 58.7 Å². The topological polar surface area (TPSA) is 38.9 Å². The number of methoxy groups -OCH3 is 1. The highest BCUT2D eigenvalue weighted by Gasteiger charge is 2.02. The predicted octanol–water partition coefficient (Wildman–Crippen LogP) is 3.57. The van der Waals surface area contributed by atoms with E-state index in [1.165, 1.54) is 10.2 Å². The largest absolute Gasteiger partial charge is 0.497 e. The molecule has 5 heteroatoms. The molecule has 4 nitrogen and oxygen atoms in total. The molecule has 1 aromatic heterocycles. The Morgan fingerprint density at radius 1 is 1.14 bits per heavy atom. The van der Waals surface area contributed by atoms with Gasteiger partial charge in [-0.2, -0.15) is 5.10 Å². The highest BCUT2D eigenvalue weighted by Crippen LogP contribution is 2.16. The van der Waals surface area contributed by atoms with E-state index in [1.54, 1.807) is 18.4 Å². The molecule has 2 aromatic carbocycles. The number of thiazole rings is 1. The van der Waals surface area contributed by atoms with E-state index in [-0.39, 0.29) is 0 Å². The Morgan fingerprint density at radius 3 is 2.73 bits per heavy atom. The van der Waals surface area contributed by atoms with Crippen molar-refractivity contribution in [2.45, 2.75) is 6.92 Å². The second kappa shape index (κ2) is 6.15. The lowest BCUT2D eigenvalue weighted by molar-refractivity contribution is 0.414. The zero-order valence-electron chi connectivity index (χ0n) is 12.8. The Bertz CT molecular complexity index is 905. The summed E-state index contributed by atoms with van der Waals surface area (Å²) in [7, 11) is 3.67. The number of nitrogens with zero attached hydrogens (tertiary/aromatic N) is 3. The number of benzene rings is 2. The lowest BCUT2D eigenvalue weighted by atomic mass is 10.1. The Labute approximate surface area is 133 Å². The molecule has 1 heterocycles. The Morgan fingerprint density at radius 2 is 1.95 bits per heavy atom. The first-order valence-electron chi connectivity index (χ1n) is 6.96. The van der Waals surface area contributed by atoms with Crippen LogP contribution in [0, 0.1) is 0 Å². The zero-order chi connectivity index (χ0) is 15.5. The van der Waals surface area contributed by atoms with Gasteiger partial charge in [0.05, 0.1) is 23.0 Å². The number of fused-ring (bicyclic) bond motifs is 1. The van der Waals surface area contributed by atoms with Gasteiger partial charge in [-0.05, 0) is 31.2 Å². The van der Waals surface area contributed by atoms with Gasteiger partial charge in [0.25, 0.3) is 0 Å². The van der Waals surface area contributed by atoms with Crippen LogP contribution in [-0.4, -0.2) is 17.4 Å². The molecule has 0 N–H and O–H groups in total. The SMILES string of the molecule is COc1cccc(/C(C)=N\N=c2\sc3ccccc3n2C)c1. The van der Waals surface area contributed by atoms with Gasteiger partial charge in [0.1, 0.15) is 5.75 Å². The van der Waals surface area contributed by atoms with Crippen molar-refractivity contribution in [2.75, 3.05) is 7.11 Å². The third-order valence-corrected chi connectivity index (χ3v) is 4.59. The van der Waals surface area contributed by atoms with E-state index in [2.05, 4.69) is 26.9 Å². The fourth-order valence-corrected chi connectivity index (χ4v) is 3.17. The Hall–Kier alpha value is -2.40. The third-order valence-electron chi connectivity index (χ3n) is 3.49. The van der Waals surface area contributed by atoms with E-state index in [0.29, 0.717) is 0 Å². The van der Waals surface area contributed by atoms with E-state index in [0.717, 1.165) is 21.8 Å². The van der Waals surface area contributed by atoms with Gasteiger partial charge in [0, 0.05) is 12.6 Å². The maximum Gasteiger partial charge on any atom is 0.211 e. The first kappa shape index (κ1) is 14.5. The number of rotatable bonds is 3. The van der Waals surface area contributed by atoms with Crippen LogP contribution in [0.25, 0.3) is 10.2 Å². The number of hydrogen-bond donors (Lipinski definition) is 0. The first-order chi connectivity index (χ1) is 10.7. The molecule has 0 saturated carbocycles. The Balaban J connectivity index is 2.01. The summed E-state index contributed by atoms with van der Waals surface area (Å²) in [4.78, 5) is 0.878. The molecule has 112 valence electrons. The monoisotopic (exact) mass is 311 g/mol. The van der Waals surface area contributed by atoms with Crippen molar-refractivity contribution < 1.29 is 4.74 Å². The summed E-state index contributed by atoms with van der Waals surface area (Å²) in [6, 6.07) is 16.1. The minimum absolute atomic E-state index is 0.819. The molecule has 3 aromatic rings. The van der Waals surface area contributed by atoms with Crippen LogP contribution < -0.4 is 9.54 Å². The molecule has 0 atom stereocenters. The van der Waals surface area contributed by atoms with Crippen LogP contribution >= 0.6 is 11.3 Å². The van der Waals surface area contributed by atoms with Crippen LogP contribution in [-0.2, 0) is 7.05 Å². The molecular formula is C17H17N3OS. The number of para-hydroxylation sites is 1. The molecule has 0 bridgehead atoms. The van der Waals surface area contributed by atoms with Crippen molar-refractivity contribution in [2.24, 2.45) is 17.3 Å². The van der Waals surface area contributed by atoms with Crippen molar-refractivity contribution in [1.82, 2.24) is 4.57 Å². The molecule has 0 aliphatic carbocycles. The summed E-state index contributed by atoms with van der Waals surface area (Å²) in [5.74, 6) is 0.819. The average molecular weight is 311 g/mol. The van der Waals surface area contributed by atoms with E-state index in [4.69, 9.17) is 4.74 Å². The average Bonchev–Trinajstić information content (AvgIpc) is 2.89. The number of ether oxygens (including phenoxy) is 1. The number of hydrogen-bond acceptors (Lipinski definition) is 4. The second-order valence-corrected chi connectivity index (χ2v) is 5.94. The van der Waals surface area contributed by atoms with Gasteiger partial charge in [-0.25, -0.2) is 0 Å². The summed E-state index contributed by atoms with van der Waals surface area (Å²) >= 11 is 1.63. The third kappa shape index (κ3) is 2.80. The van der Waals surface area contributed by atoms with Gasteiger partial charge in [0.15, 0.2) is 0 Å². The summed E-state index contributed by atoms with van der Waals surface area (Å²) < 4.78 is 8.50. The standard InChI is InChI=1S/C17H17N3OS/c1-12(13-7-6-8-14(11-13)21-3)18-19-17-20(2)15-9-4-5-10-16(15)22-17/h4-11H,1-3H3/b18-12-,19-17+. The van der Waals surface area contributed by atoms with Crippen LogP contribution in [0.5, 0.6) is 5.75 Å². The van der Waals surface area contributed by atoms with Crippen LogP contribution in [0.4, 0.5) is 0 Å². The smallest absolute Gasteiger partial charge is 0.211 e. The van der Waals surface area contributed by atoms with Crippen molar-refractivity contribution in [3.05, 3.63) is 58.9 Å². The van der Waals surface area contributed by atoms with Crippen molar-refractivity contribution in [1.29, 1.82) is 0 Å². The van der Waals surface area contributed by atoms with Crippen LogP contribution in [0.2, 0.25) is 0 Å². The van der Waals surface area contributed by atoms with Crippen molar-refractivity contribution >= 4 is 27.3 Å². The molecule has 0 saturated heterocycles. The maximum atomic E-state index is 5.24. The van der Waals surface area contributed by atoms with Gasteiger partial charge in [0.2, 0.25) is 4.80 Å². The molecule has 3 rings (SSSR count). The lowest BCUT2D eigenvalue weighted by Crippen LogP contribution is -2.09. The molecule has 0 fully saturated rings. The summed E-state index contributed by atoms with van der Waals surface area (Å²) in [6.45, 7) is 1.95. The number of aryl methyl sites for hydroxylation is 1. The fraction of sp³-hybridized carbons (Fsp3) is 0.176. The van der Waals surface area contributed by atoms with E-state index >= 15 is 0 Å². The first-order valence-corrected chi connectivity index (χ1v) is 7.78. The predicted molar refractivity (Wildman–Crippen MR) is 91.6 cm³/mol. The molecule has 0 spiro atoms. The quantitative estimate of drug-likeness (QED) is 0.538. The summed E-state index contributed by atoms with van der Waals surface area (Å²) in [6.07, 6.45) is 0. The van der Waals surface area contributed by atoms with Gasteiger partial charge >= 0.3 is 0 Å². The highest BCUT2D eigenvalue weighted by atomic mass is 32.1. The van der Waals surface area contributed by atoms with Crippen molar-refractivity contribution in [3.8, 4) is 5.75 Å². The normalized spacial score (nSPS) is 12.9. The Kier molecular flexibility index (Phi) is 4.06. The van der Waals surface area contributed by atoms with Gasteiger partial charge in [-0.3, -0.25) is 0 Å². The van der Waals surface area contributed by atoms with Crippen LogP contribution in [0.1, 0.15) is 12.5 Å². The molecular weight excluding hydrogens is 294 g/mol. The molecule has 0 unspecified atom stereocenters. The zero-order valence-corrected chi connectivity index (χ0v) is 13.6. The molecule has 22 heavy (non-hydrogen) atoms. The lowest BCUT2D eigenvalue weighted by Gasteiger charge is -2.02. The van der Waals surface area contributed by atoms with Crippen LogP contribution in [0.3, 0.4) is 0 Å². The molecule has 0 amide bonds. The maximum absolute atomic E-state index is 5.24. The van der Waals surface area contributed by atoms with E-state index in [9.17, 15) is 0 Å². The van der Waals surface area contributed by atoms with Gasteiger partial charge < -0.3 is 9.30 Å². The molecule has 0 aliphatic heterocycles. The summed E-state index contributed by atoms with van der Waals surface area (Å²) in [5, 5.41) is 8.78. The highest BCUT2D eigenvalue weighted by molar-refractivity contribution is 7.16. The van der Waals surface area contributed by atoms with Crippen molar-refractivity contribution in [3.63, 3.8) is 0 Å². The minimum Gasteiger partial charge on any atom is -0.497 e. The fourth-order valence-electron chi connectivity index (χ4n) is 2.20. The van der Waals surface area contributed by atoms with Gasteiger partial charge in [-0.15, -0.1) is 5.10 Å². The summed E-state index contributed by atoms with van der Waals surface area (Å²) in [5.41, 5.74) is 3.03. The minimum atomic E-state index is 0.819. The number of aromatic nitrogens is 1. The van der Waals surface area contributed by atoms with E-state index < -0.39 is 0 Å². The molecule has 0 aliphatic rings.